The van der Waals surface area contributed by atoms with Gasteiger partial charge in [0.25, 0.3) is 0 Å². The molecule has 0 rings (SSSR count). The second-order valence-corrected chi connectivity index (χ2v) is 5.89. The maximum atomic E-state index is 9.77. The predicted octanol–water partition coefficient (Wildman–Crippen LogP) is -1.44. The minimum atomic E-state index is -1.83. The molecule has 116 valence electrons. The summed E-state index contributed by atoms with van der Waals surface area (Å²) in [5.74, 6) is 0. The molecule has 0 heterocycles. The van der Waals surface area contributed by atoms with Crippen molar-refractivity contribution in [2.75, 3.05) is 6.61 Å². The van der Waals surface area contributed by atoms with Crippen molar-refractivity contribution in [1.29, 1.82) is 0 Å². The van der Waals surface area contributed by atoms with Crippen molar-refractivity contribution >= 4 is 23.6 Å². The number of nitrogens with zero attached hydrogens (tertiary/aromatic N) is 1. The van der Waals surface area contributed by atoms with Crippen LogP contribution in [0.5, 0.6) is 0 Å². The van der Waals surface area contributed by atoms with Gasteiger partial charge in [-0.05, 0) is 43.8 Å². The second-order valence-electron chi connectivity index (χ2n) is 5.04. The Kier molecular flexibility index (Phi) is 8.04. The molecule has 0 aromatic carbocycles. The molecule has 6 N–H and O–H groups in total. The smallest absolute Gasteiger partial charge is 0.111 e. The first-order chi connectivity index (χ1) is 8.54. The molecule has 0 aromatic heterocycles. The van der Waals surface area contributed by atoms with Crippen LogP contribution in [0, 0.1) is 0 Å². The number of rotatable bonds is 8. The summed E-state index contributed by atoms with van der Waals surface area (Å²) < 4.78 is 0.800. The SMILES string of the molecule is CC(C)(CC(O)C(O)C(O)C(O)C(O)CO)N(Cl)Cl. The molecule has 0 aromatic rings. The van der Waals surface area contributed by atoms with Crippen LogP contribution in [0.2, 0.25) is 0 Å². The van der Waals surface area contributed by atoms with E-state index in [1.807, 2.05) is 0 Å². The number of halogens is 2. The molecule has 0 aliphatic carbocycles. The zero-order valence-electron chi connectivity index (χ0n) is 10.7. The minimum absolute atomic E-state index is 0.0971. The monoisotopic (exact) mass is 321 g/mol. The van der Waals surface area contributed by atoms with E-state index in [2.05, 4.69) is 0 Å². The highest BCUT2D eigenvalue weighted by Gasteiger charge is 2.37. The van der Waals surface area contributed by atoms with Gasteiger partial charge in [-0.15, -0.1) is 3.94 Å². The summed E-state index contributed by atoms with van der Waals surface area (Å²) in [6.07, 6.45) is -8.51. The van der Waals surface area contributed by atoms with Crippen LogP contribution < -0.4 is 0 Å². The Morgan fingerprint density at radius 1 is 0.895 bits per heavy atom. The molecule has 7 nitrogen and oxygen atoms in total. The van der Waals surface area contributed by atoms with Gasteiger partial charge in [0.15, 0.2) is 0 Å². The lowest BCUT2D eigenvalue weighted by molar-refractivity contribution is -0.143. The zero-order valence-corrected chi connectivity index (χ0v) is 12.2. The molecular weight excluding hydrogens is 301 g/mol. The van der Waals surface area contributed by atoms with Crippen LogP contribution in [0.4, 0.5) is 0 Å². The van der Waals surface area contributed by atoms with E-state index in [1.165, 1.54) is 0 Å². The molecule has 0 saturated heterocycles. The summed E-state index contributed by atoms with van der Waals surface area (Å²) in [6.45, 7) is 2.40. The Morgan fingerprint density at radius 2 is 1.32 bits per heavy atom. The highest BCUT2D eigenvalue weighted by molar-refractivity contribution is 6.34. The molecule has 5 unspecified atom stereocenters. The third-order valence-electron chi connectivity index (χ3n) is 2.84. The molecule has 0 fully saturated rings. The maximum absolute atomic E-state index is 9.77. The van der Waals surface area contributed by atoms with Crippen molar-refractivity contribution in [3.63, 3.8) is 0 Å². The first-order valence-electron chi connectivity index (χ1n) is 5.67. The van der Waals surface area contributed by atoms with Gasteiger partial charge in [0.2, 0.25) is 0 Å². The molecule has 19 heavy (non-hydrogen) atoms. The number of hydrogen-bond acceptors (Lipinski definition) is 7. The molecule has 0 aliphatic heterocycles. The highest BCUT2D eigenvalue weighted by Crippen LogP contribution is 2.26. The van der Waals surface area contributed by atoms with Gasteiger partial charge in [-0.25, -0.2) is 0 Å². The van der Waals surface area contributed by atoms with Gasteiger partial charge < -0.3 is 30.6 Å². The van der Waals surface area contributed by atoms with Crippen LogP contribution in [0.1, 0.15) is 20.3 Å². The summed E-state index contributed by atoms with van der Waals surface area (Å²) in [5, 5.41) is 56.2. The Morgan fingerprint density at radius 3 is 1.68 bits per heavy atom. The van der Waals surface area contributed by atoms with E-state index in [0.29, 0.717) is 0 Å². The number of hydrogen-bond donors (Lipinski definition) is 6. The summed E-state index contributed by atoms with van der Waals surface area (Å²) in [5.41, 5.74) is -0.885. The molecular formula is C10H21Cl2NO6. The average molecular weight is 322 g/mol. The Labute approximate surface area is 121 Å². The zero-order chi connectivity index (χ0) is 15.4. The molecule has 0 amide bonds. The standard InChI is InChI=1S/C10H21Cl2NO6/c1-10(2,13(11)12)3-5(15)7(17)9(19)8(18)6(16)4-14/h5-9,14-19H,3-4H2,1-2H3. The molecule has 0 aliphatic rings. The summed E-state index contributed by atoms with van der Waals surface area (Å²) in [6, 6.07) is 0. The van der Waals surface area contributed by atoms with Crippen molar-refractivity contribution in [1.82, 2.24) is 3.94 Å². The molecule has 0 saturated carbocycles. The fourth-order valence-electron chi connectivity index (χ4n) is 1.47. The summed E-state index contributed by atoms with van der Waals surface area (Å²) in [4.78, 5) is 0. The first kappa shape index (κ1) is 19.3. The maximum Gasteiger partial charge on any atom is 0.111 e. The third-order valence-corrected chi connectivity index (χ3v) is 3.76. The van der Waals surface area contributed by atoms with Crippen LogP contribution in [0.15, 0.2) is 0 Å². The van der Waals surface area contributed by atoms with Gasteiger partial charge in [0.1, 0.15) is 24.4 Å². The first-order valence-corrected chi connectivity index (χ1v) is 6.35. The van der Waals surface area contributed by atoms with Crippen molar-refractivity contribution in [3.05, 3.63) is 0 Å². The Balaban J connectivity index is 4.60. The lowest BCUT2D eigenvalue weighted by Crippen LogP contribution is -2.51. The summed E-state index contributed by atoms with van der Waals surface area (Å²) in [7, 11) is 0. The topological polar surface area (TPSA) is 125 Å². The van der Waals surface area contributed by atoms with E-state index in [4.69, 9.17) is 33.8 Å². The molecule has 9 heteroatoms. The normalized spacial score (nSPS) is 21.0. The minimum Gasteiger partial charge on any atom is -0.394 e. The quantitative estimate of drug-likeness (QED) is 0.302. The van der Waals surface area contributed by atoms with E-state index in [1.54, 1.807) is 13.8 Å². The highest BCUT2D eigenvalue weighted by atomic mass is 35.5. The average Bonchev–Trinajstić information content (AvgIpc) is 2.34. The van der Waals surface area contributed by atoms with Gasteiger partial charge in [-0.2, -0.15) is 0 Å². The molecule has 0 radical (unpaired) electrons. The van der Waals surface area contributed by atoms with Crippen LogP contribution in [0.25, 0.3) is 0 Å². The fraction of sp³-hybridized carbons (Fsp3) is 1.00. The van der Waals surface area contributed by atoms with E-state index < -0.39 is 42.7 Å². The molecule has 0 spiro atoms. The number of aliphatic hydroxyl groups excluding tert-OH is 6. The lowest BCUT2D eigenvalue weighted by Gasteiger charge is -2.34. The van der Waals surface area contributed by atoms with Crippen LogP contribution in [-0.2, 0) is 0 Å². The van der Waals surface area contributed by atoms with Gasteiger partial charge in [0.05, 0.1) is 12.7 Å². The second kappa shape index (κ2) is 7.92. The van der Waals surface area contributed by atoms with Crippen LogP contribution in [-0.4, -0.2) is 77.2 Å². The molecule has 5 atom stereocenters. The fourth-order valence-corrected chi connectivity index (χ4v) is 1.60. The Hall–Kier alpha value is 0.300. The van der Waals surface area contributed by atoms with E-state index >= 15 is 0 Å². The molecule has 0 bridgehead atoms. The third kappa shape index (κ3) is 5.66. The van der Waals surface area contributed by atoms with E-state index in [0.717, 1.165) is 3.94 Å². The van der Waals surface area contributed by atoms with Crippen molar-refractivity contribution < 1.29 is 30.6 Å². The van der Waals surface area contributed by atoms with Gasteiger partial charge >= 0.3 is 0 Å². The van der Waals surface area contributed by atoms with Gasteiger partial charge in [-0.3, -0.25) is 0 Å². The van der Waals surface area contributed by atoms with Crippen LogP contribution >= 0.6 is 23.6 Å². The van der Waals surface area contributed by atoms with E-state index in [-0.39, 0.29) is 6.42 Å². The van der Waals surface area contributed by atoms with Crippen molar-refractivity contribution in [2.45, 2.75) is 56.3 Å². The van der Waals surface area contributed by atoms with Crippen molar-refractivity contribution in [3.8, 4) is 0 Å². The van der Waals surface area contributed by atoms with Gasteiger partial charge in [0, 0.05) is 5.54 Å². The predicted molar refractivity (Wildman–Crippen MR) is 69.4 cm³/mol. The summed E-state index contributed by atoms with van der Waals surface area (Å²) >= 11 is 11.1. The largest absolute Gasteiger partial charge is 0.394 e. The van der Waals surface area contributed by atoms with E-state index in [9.17, 15) is 20.4 Å². The van der Waals surface area contributed by atoms with Gasteiger partial charge in [-0.1, -0.05) is 0 Å². The lowest BCUT2D eigenvalue weighted by atomic mass is 9.91. The number of aliphatic hydroxyl groups is 6. The van der Waals surface area contributed by atoms with Crippen LogP contribution in [0.3, 0.4) is 0 Å². The van der Waals surface area contributed by atoms with Crippen molar-refractivity contribution in [2.24, 2.45) is 0 Å². The Bertz CT molecular complexity index is 268.